The summed E-state index contributed by atoms with van der Waals surface area (Å²) in [6.45, 7) is 4.68. The summed E-state index contributed by atoms with van der Waals surface area (Å²) in [5, 5.41) is 3.28. The number of amides is 1. The smallest absolute Gasteiger partial charge is 0.248 e. The Morgan fingerprint density at radius 3 is 2.88 bits per heavy atom. The topological polar surface area (TPSA) is 41.6 Å². The molecule has 2 rings (SSSR count). The highest BCUT2D eigenvalue weighted by Gasteiger charge is 2.22. The molecule has 1 aliphatic carbocycles. The molecule has 2 aliphatic rings. The van der Waals surface area contributed by atoms with Crippen LogP contribution in [0.4, 0.5) is 0 Å². The third-order valence-electron chi connectivity index (χ3n) is 2.97. The van der Waals surface area contributed by atoms with Gasteiger partial charge in [-0.2, -0.15) is 0 Å². The van der Waals surface area contributed by atoms with Gasteiger partial charge in [0.2, 0.25) is 5.91 Å². The molecule has 5 heteroatoms. The summed E-state index contributed by atoms with van der Waals surface area (Å²) in [7, 11) is 0. The van der Waals surface area contributed by atoms with E-state index in [1.165, 1.54) is 12.8 Å². The van der Waals surface area contributed by atoms with E-state index in [9.17, 15) is 4.79 Å². The highest BCUT2D eigenvalue weighted by atomic mass is 35.5. The molecule has 94 valence electrons. The molecular formula is C11H21ClN2O2. The summed E-state index contributed by atoms with van der Waals surface area (Å²) in [5.41, 5.74) is 0. The van der Waals surface area contributed by atoms with Crippen LogP contribution in [-0.4, -0.2) is 50.2 Å². The van der Waals surface area contributed by atoms with Crippen LogP contribution in [0.2, 0.25) is 0 Å². The van der Waals surface area contributed by atoms with Gasteiger partial charge in [0.25, 0.3) is 0 Å². The molecule has 0 unspecified atom stereocenters. The quantitative estimate of drug-likeness (QED) is 0.795. The van der Waals surface area contributed by atoms with Crippen LogP contribution in [0.15, 0.2) is 0 Å². The van der Waals surface area contributed by atoms with Gasteiger partial charge in [-0.3, -0.25) is 4.79 Å². The van der Waals surface area contributed by atoms with E-state index in [0.29, 0.717) is 0 Å². The molecule has 2 fully saturated rings. The highest BCUT2D eigenvalue weighted by molar-refractivity contribution is 5.85. The molecule has 16 heavy (non-hydrogen) atoms. The molecule has 1 N–H and O–H groups in total. The van der Waals surface area contributed by atoms with Crippen molar-refractivity contribution in [1.82, 2.24) is 10.2 Å². The largest absolute Gasteiger partial charge is 0.371 e. The minimum absolute atomic E-state index is 0. The molecule has 0 spiro atoms. The van der Waals surface area contributed by atoms with Crippen LogP contribution in [0.1, 0.15) is 19.3 Å². The van der Waals surface area contributed by atoms with Gasteiger partial charge in [-0.25, -0.2) is 0 Å². The van der Waals surface area contributed by atoms with Gasteiger partial charge in [-0.05, 0) is 31.7 Å². The Kier molecular flexibility index (Phi) is 6.09. The molecular weight excluding hydrogens is 228 g/mol. The number of carbonyl (C=O) groups is 1. The molecule has 1 heterocycles. The predicted molar refractivity (Wildman–Crippen MR) is 64.9 cm³/mol. The van der Waals surface area contributed by atoms with Gasteiger partial charge in [-0.15, -0.1) is 12.4 Å². The highest BCUT2D eigenvalue weighted by Crippen LogP contribution is 2.28. The SMILES string of the molecule is Cl.O=C(COCC1CC1)N1CCCNCC1. The van der Waals surface area contributed by atoms with Gasteiger partial charge < -0.3 is 15.0 Å². The van der Waals surface area contributed by atoms with E-state index >= 15 is 0 Å². The van der Waals surface area contributed by atoms with Crippen molar-refractivity contribution in [2.24, 2.45) is 5.92 Å². The van der Waals surface area contributed by atoms with Crippen LogP contribution < -0.4 is 5.32 Å². The van der Waals surface area contributed by atoms with Crippen LogP contribution >= 0.6 is 12.4 Å². The maximum atomic E-state index is 11.7. The van der Waals surface area contributed by atoms with Gasteiger partial charge in [0, 0.05) is 19.6 Å². The van der Waals surface area contributed by atoms with Crippen molar-refractivity contribution in [2.75, 3.05) is 39.4 Å². The van der Waals surface area contributed by atoms with Crippen molar-refractivity contribution in [3.05, 3.63) is 0 Å². The van der Waals surface area contributed by atoms with E-state index in [-0.39, 0.29) is 24.9 Å². The number of rotatable bonds is 4. The molecule has 0 aromatic carbocycles. The van der Waals surface area contributed by atoms with Gasteiger partial charge in [0.15, 0.2) is 0 Å². The second-order valence-corrected chi connectivity index (χ2v) is 4.44. The van der Waals surface area contributed by atoms with E-state index in [4.69, 9.17) is 4.74 Å². The Hall–Kier alpha value is -0.320. The van der Waals surface area contributed by atoms with Crippen LogP contribution in [0.3, 0.4) is 0 Å². The number of hydrogen-bond donors (Lipinski definition) is 1. The summed E-state index contributed by atoms with van der Waals surface area (Å²) in [5.74, 6) is 0.892. The number of carbonyl (C=O) groups excluding carboxylic acids is 1. The van der Waals surface area contributed by atoms with Gasteiger partial charge in [0.05, 0.1) is 6.61 Å². The van der Waals surface area contributed by atoms with Crippen LogP contribution in [0.25, 0.3) is 0 Å². The molecule has 0 bridgehead atoms. The lowest BCUT2D eigenvalue weighted by Crippen LogP contribution is -2.36. The average molecular weight is 249 g/mol. The monoisotopic (exact) mass is 248 g/mol. The predicted octanol–water partition coefficient (Wildman–Crippen LogP) is 0.657. The zero-order valence-corrected chi connectivity index (χ0v) is 10.4. The van der Waals surface area contributed by atoms with Crippen LogP contribution in [-0.2, 0) is 9.53 Å². The first-order chi connectivity index (χ1) is 7.36. The number of ether oxygens (including phenoxy) is 1. The number of nitrogens with one attached hydrogen (secondary N) is 1. The first-order valence-electron chi connectivity index (χ1n) is 5.92. The fourth-order valence-corrected chi connectivity index (χ4v) is 1.78. The molecule has 1 saturated heterocycles. The maximum absolute atomic E-state index is 11.7. The molecule has 4 nitrogen and oxygen atoms in total. The third kappa shape index (κ3) is 4.68. The van der Waals surface area contributed by atoms with E-state index in [2.05, 4.69) is 5.32 Å². The van der Waals surface area contributed by atoms with Crippen molar-refractivity contribution in [2.45, 2.75) is 19.3 Å². The van der Waals surface area contributed by atoms with E-state index < -0.39 is 0 Å². The molecule has 1 aliphatic heterocycles. The Bertz CT molecular complexity index is 214. The average Bonchev–Trinajstić information content (AvgIpc) is 3.04. The van der Waals surface area contributed by atoms with Gasteiger partial charge in [-0.1, -0.05) is 0 Å². The Labute approximate surface area is 103 Å². The van der Waals surface area contributed by atoms with E-state index in [1.54, 1.807) is 0 Å². The summed E-state index contributed by atoms with van der Waals surface area (Å²) in [6, 6.07) is 0. The zero-order chi connectivity index (χ0) is 10.5. The van der Waals surface area contributed by atoms with Gasteiger partial charge >= 0.3 is 0 Å². The molecule has 1 amide bonds. The third-order valence-corrected chi connectivity index (χ3v) is 2.97. The fourth-order valence-electron chi connectivity index (χ4n) is 1.78. The summed E-state index contributed by atoms with van der Waals surface area (Å²) in [4.78, 5) is 13.6. The fraction of sp³-hybridized carbons (Fsp3) is 0.909. The summed E-state index contributed by atoms with van der Waals surface area (Å²) in [6.07, 6.45) is 3.61. The molecule has 0 radical (unpaired) electrons. The molecule has 1 saturated carbocycles. The molecule has 0 aromatic heterocycles. The lowest BCUT2D eigenvalue weighted by molar-refractivity contribution is -0.136. The summed E-state index contributed by atoms with van der Waals surface area (Å²) < 4.78 is 5.40. The van der Waals surface area contributed by atoms with E-state index in [0.717, 1.165) is 45.1 Å². The van der Waals surface area contributed by atoms with E-state index in [1.807, 2.05) is 4.90 Å². The first-order valence-corrected chi connectivity index (χ1v) is 5.92. The van der Waals surface area contributed by atoms with Gasteiger partial charge in [0.1, 0.15) is 6.61 Å². The number of halogens is 1. The lowest BCUT2D eigenvalue weighted by Gasteiger charge is -2.19. The van der Waals surface area contributed by atoms with Crippen molar-refractivity contribution < 1.29 is 9.53 Å². The Morgan fingerprint density at radius 2 is 2.12 bits per heavy atom. The maximum Gasteiger partial charge on any atom is 0.248 e. The second kappa shape index (κ2) is 7.09. The van der Waals surface area contributed by atoms with Crippen molar-refractivity contribution >= 4 is 18.3 Å². The first kappa shape index (κ1) is 13.7. The Balaban J connectivity index is 0.00000128. The standard InChI is InChI=1S/C11H20N2O2.ClH/c14-11(9-15-8-10-2-3-10)13-6-1-4-12-5-7-13;/h10,12H,1-9H2;1H. The molecule has 0 atom stereocenters. The van der Waals surface area contributed by atoms with Crippen molar-refractivity contribution in [3.63, 3.8) is 0 Å². The molecule has 0 aromatic rings. The second-order valence-electron chi connectivity index (χ2n) is 4.44. The summed E-state index contributed by atoms with van der Waals surface area (Å²) >= 11 is 0. The number of nitrogens with zero attached hydrogens (tertiary/aromatic N) is 1. The Morgan fingerprint density at radius 1 is 1.31 bits per heavy atom. The lowest BCUT2D eigenvalue weighted by atomic mass is 10.4. The number of hydrogen-bond acceptors (Lipinski definition) is 3. The van der Waals surface area contributed by atoms with Crippen molar-refractivity contribution in [3.8, 4) is 0 Å². The van der Waals surface area contributed by atoms with Crippen molar-refractivity contribution in [1.29, 1.82) is 0 Å². The van der Waals surface area contributed by atoms with Crippen LogP contribution in [0, 0.1) is 5.92 Å². The minimum Gasteiger partial charge on any atom is -0.371 e. The normalized spacial score (nSPS) is 21.1. The zero-order valence-electron chi connectivity index (χ0n) is 9.61. The van der Waals surface area contributed by atoms with Crippen LogP contribution in [0.5, 0.6) is 0 Å². The minimum atomic E-state index is 0.